The molecule has 1 aromatic carbocycles. The highest BCUT2D eigenvalue weighted by molar-refractivity contribution is 5.80. The Balaban J connectivity index is 1.65. The molecule has 0 spiro atoms. The van der Waals surface area contributed by atoms with Crippen LogP contribution in [0.2, 0.25) is 0 Å². The monoisotopic (exact) mass is 345 g/mol. The number of imidazole rings is 1. The normalized spacial score (nSPS) is 11.8. The fourth-order valence-corrected chi connectivity index (χ4v) is 2.43. The molecule has 3 heterocycles. The third-order valence-electron chi connectivity index (χ3n) is 3.50. The van der Waals surface area contributed by atoms with Crippen LogP contribution in [-0.2, 0) is 0 Å². The van der Waals surface area contributed by atoms with E-state index in [1.807, 2.05) is 12.1 Å². The summed E-state index contributed by atoms with van der Waals surface area (Å²) in [7, 11) is 0. The third kappa shape index (κ3) is 3.18. The second-order valence-corrected chi connectivity index (χ2v) is 5.23. The highest BCUT2D eigenvalue weighted by Crippen LogP contribution is 2.27. The molecule has 0 amide bonds. The van der Waals surface area contributed by atoms with Crippen molar-refractivity contribution in [1.29, 1.82) is 0 Å². The van der Waals surface area contributed by atoms with Gasteiger partial charge in [0, 0.05) is 17.3 Å². The number of alkyl halides is 3. The first-order valence-electron chi connectivity index (χ1n) is 7.24. The number of hydrogen-bond acceptors (Lipinski definition) is 4. The van der Waals surface area contributed by atoms with Crippen LogP contribution in [0.15, 0.2) is 59.3 Å². The number of aromatic nitrogens is 3. The van der Waals surface area contributed by atoms with Gasteiger partial charge in [0.05, 0.1) is 11.8 Å². The van der Waals surface area contributed by atoms with Gasteiger partial charge in [-0.25, -0.2) is 9.97 Å². The van der Waals surface area contributed by atoms with Crippen molar-refractivity contribution in [2.24, 2.45) is 0 Å². The molecule has 4 rings (SSSR count). The molecule has 0 saturated heterocycles. The summed E-state index contributed by atoms with van der Waals surface area (Å²) in [5.41, 5.74) is 2.61. The molecule has 5 nitrogen and oxygen atoms in total. The van der Waals surface area contributed by atoms with Crippen molar-refractivity contribution >= 4 is 11.2 Å². The van der Waals surface area contributed by atoms with E-state index in [4.69, 9.17) is 4.42 Å². The van der Waals surface area contributed by atoms with Gasteiger partial charge < -0.3 is 14.1 Å². The van der Waals surface area contributed by atoms with Crippen LogP contribution in [0.4, 0.5) is 13.2 Å². The minimum atomic E-state index is -4.72. The SMILES string of the molecule is FC(F)(F)Oc1ccc(-c2nc3ncc(-c4ccco4)cc3[nH]2)cc1. The molecule has 0 unspecified atom stereocenters. The summed E-state index contributed by atoms with van der Waals surface area (Å²) in [5, 5.41) is 0. The van der Waals surface area contributed by atoms with Crippen molar-refractivity contribution in [3.05, 3.63) is 54.9 Å². The molecule has 4 aromatic rings. The molecule has 1 N–H and O–H groups in total. The van der Waals surface area contributed by atoms with Gasteiger partial charge in [-0.2, -0.15) is 0 Å². The number of rotatable bonds is 3. The number of nitrogens with zero attached hydrogens (tertiary/aromatic N) is 2. The Morgan fingerprint density at radius 3 is 2.52 bits per heavy atom. The Morgan fingerprint density at radius 2 is 1.84 bits per heavy atom. The molecular formula is C17H10F3N3O2. The lowest BCUT2D eigenvalue weighted by Gasteiger charge is -2.08. The van der Waals surface area contributed by atoms with Crippen molar-refractivity contribution in [3.8, 4) is 28.5 Å². The van der Waals surface area contributed by atoms with Crippen molar-refractivity contribution in [2.45, 2.75) is 6.36 Å². The quantitative estimate of drug-likeness (QED) is 0.580. The minimum Gasteiger partial charge on any atom is -0.464 e. The number of H-pyrrole nitrogens is 1. The summed E-state index contributed by atoms with van der Waals surface area (Å²) < 4.78 is 45.8. The molecule has 0 saturated carbocycles. The lowest BCUT2D eigenvalue weighted by Crippen LogP contribution is -2.16. The predicted octanol–water partition coefficient (Wildman–Crippen LogP) is 4.78. The summed E-state index contributed by atoms with van der Waals surface area (Å²) in [5.74, 6) is 0.891. The molecule has 25 heavy (non-hydrogen) atoms. The predicted molar refractivity (Wildman–Crippen MR) is 83.7 cm³/mol. The Hall–Kier alpha value is -3.29. The molecule has 0 fully saturated rings. The molecular weight excluding hydrogens is 335 g/mol. The molecule has 0 bridgehead atoms. The number of fused-ring (bicyclic) bond motifs is 1. The van der Waals surface area contributed by atoms with Crippen LogP contribution < -0.4 is 4.74 Å². The van der Waals surface area contributed by atoms with E-state index >= 15 is 0 Å². The standard InChI is InChI=1S/C17H10F3N3O2/c18-17(19,20)25-12-5-3-10(4-6-12)15-22-13-8-11(9-21-16(13)23-15)14-2-1-7-24-14/h1-9H,(H,21,22,23). The van der Waals surface area contributed by atoms with Gasteiger partial charge >= 0.3 is 6.36 Å². The second kappa shape index (κ2) is 5.66. The number of furan rings is 1. The average Bonchev–Trinajstić information content (AvgIpc) is 3.23. The van der Waals surface area contributed by atoms with E-state index < -0.39 is 6.36 Å². The van der Waals surface area contributed by atoms with Crippen LogP contribution in [0.1, 0.15) is 0 Å². The highest BCUT2D eigenvalue weighted by Gasteiger charge is 2.31. The topological polar surface area (TPSA) is 63.9 Å². The van der Waals surface area contributed by atoms with Gasteiger partial charge in [0.1, 0.15) is 17.3 Å². The Kier molecular flexibility index (Phi) is 3.45. The van der Waals surface area contributed by atoms with E-state index in [9.17, 15) is 13.2 Å². The molecule has 0 atom stereocenters. The zero-order valence-corrected chi connectivity index (χ0v) is 12.5. The van der Waals surface area contributed by atoms with E-state index in [1.54, 1.807) is 18.5 Å². The smallest absolute Gasteiger partial charge is 0.464 e. The summed E-state index contributed by atoms with van der Waals surface area (Å²) in [6, 6.07) is 10.9. The van der Waals surface area contributed by atoms with Crippen LogP contribution in [0.25, 0.3) is 33.9 Å². The zero-order valence-electron chi connectivity index (χ0n) is 12.5. The molecule has 0 aliphatic carbocycles. The van der Waals surface area contributed by atoms with Crippen molar-refractivity contribution in [1.82, 2.24) is 15.0 Å². The number of halogens is 3. The Bertz CT molecular complexity index is 1010. The van der Waals surface area contributed by atoms with Gasteiger partial charge in [0.15, 0.2) is 5.65 Å². The molecule has 3 aromatic heterocycles. The zero-order chi connectivity index (χ0) is 17.4. The van der Waals surface area contributed by atoms with Crippen molar-refractivity contribution in [2.75, 3.05) is 0 Å². The fourth-order valence-electron chi connectivity index (χ4n) is 2.43. The van der Waals surface area contributed by atoms with Gasteiger partial charge in [-0.05, 0) is 42.5 Å². The van der Waals surface area contributed by atoms with Gasteiger partial charge in [0.2, 0.25) is 0 Å². The van der Waals surface area contributed by atoms with Crippen molar-refractivity contribution in [3.63, 3.8) is 0 Å². The molecule has 0 aliphatic rings. The first kappa shape index (κ1) is 15.3. The number of benzene rings is 1. The average molecular weight is 345 g/mol. The summed E-state index contributed by atoms with van der Waals surface area (Å²) in [6.45, 7) is 0. The van der Waals surface area contributed by atoms with Crippen LogP contribution in [0.3, 0.4) is 0 Å². The second-order valence-electron chi connectivity index (χ2n) is 5.23. The Labute approximate surface area is 139 Å². The van der Waals surface area contributed by atoms with Crippen LogP contribution >= 0.6 is 0 Å². The van der Waals surface area contributed by atoms with E-state index in [2.05, 4.69) is 19.7 Å². The van der Waals surface area contributed by atoms with E-state index in [0.29, 0.717) is 28.3 Å². The molecule has 126 valence electrons. The Morgan fingerprint density at radius 1 is 1.04 bits per heavy atom. The van der Waals surface area contributed by atoms with Crippen molar-refractivity contribution < 1.29 is 22.3 Å². The van der Waals surface area contributed by atoms with Gasteiger partial charge in [-0.1, -0.05) is 0 Å². The lowest BCUT2D eigenvalue weighted by molar-refractivity contribution is -0.274. The maximum atomic E-state index is 12.2. The molecule has 0 radical (unpaired) electrons. The van der Waals surface area contributed by atoms with Crippen LogP contribution in [0, 0.1) is 0 Å². The van der Waals surface area contributed by atoms with Crippen LogP contribution in [0.5, 0.6) is 5.75 Å². The molecule has 0 aliphatic heterocycles. The molecule has 8 heteroatoms. The van der Waals surface area contributed by atoms with E-state index in [1.165, 1.54) is 24.3 Å². The van der Waals surface area contributed by atoms with E-state index in [-0.39, 0.29) is 5.75 Å². The maximum Gasteiger partial charge on any atom is 0.573 e. The summed E-state index contributed by atoms with van der Waals surface area (Å²) in [6.07, 6.45) is -1.50. The number of pyridine rings is 1. The van der Waals surface area contributed by atoms with E-state index in [0.717, 1.165) is 5.56 Å². The number of nitrogens with one attached hydrogen (secondary N) is 1. The lowest BCUT2D eigenvalue weighted by atomic mass is 10.2. The number of aromatic amines is 1. The maximum absolute atomic E-state index is 12.2. The summed E-state index contributed by atoms with van der Waals surface area (Å²) >= 11 is 0. The largest absolute Gasteiger partial charge is 0.573 e. The third-order valence-corrected chi connectivity index (χ3v) is 3.50. The number of ether oxygens (including phenoxy) is 1. The fraction of sp³-hybridized carbons (Fsp3) is 0.0588. The van der Waals surface area contributed by atoms with Gasteiger partial charge in [0.25, 0.3) is 0 Å². The summed E-state index contributed by atoms with van der Waals surface area (Å²) in [4.78, 5) is 11.7. The van der Waals surface area contributed by atoms with Gasteiger partial charge in [-0.3, -0.25) is 0 Å². The first-order valence-corrected chi connectivity index (χ1v) is 7.24. The first-order chi connectivity index (χ1) is 12.0. The van der Waals surface area contributed by atoms with Gasteiger partial charge in [-0.15, -0.1) is 13.2 Å². The van der Waals surface area contributed by atoms with Crippen LogP contribution in [-0.4, -0.2) is 21.3 Å². The minimum absolute atomic E-state index is 0.286. The number of hydrogen-bond donors (Lipinski definition) is 1. The highest BCUT2D eigenvalue weighted by atomic mass is 19.4.